The number of para-hydroxylation sites is 1. The van der Waals surface area contributed by atoms with Crippen LogP contribution in [0.3, 0.4) is 0 Å². The highest BCUT2D eigenvalue weighted by molar-refractivity contribution is 7.90. The second-order valence-corrected chi connectivity index (χ2v) is 8.86. The van der Waals surface area contributed by atoms with Crippen LogP contribution in [0.25, 0.3) is 0 Å². The Kier molecular flexibility index (Phi) is 6.51. The molecule has 1 atom stereocenters. The number of ether oxygens (including phenoxy) is 2. The smallest absolute Gasteiger partial charge is 0.227 e. The Morgan fingerprint density at radius 1 is 1.33 bits per heavy atom. The minimum absolute atomic E-state index is 0.0465. The second-order valence-electron chi connectivity index (χ2n) is 6.95. The fourth-order valence-electron chi connectivity index (χ4n) is 3.19. The molecule has 0 radical (unpaired) electrons. The Balaban J connectivity index is 1.63. The third kappa shape index (κ3) is 5.54. The summed E-state index contributed by atoms with van der Waals surface area (Å²) in [5.41, 5.74) is 0.869. The summed E-state index contributed by atoms with van der Waals surface area (Å²) < 4.78 is 37.4. The van der Waals surface area contributed by atoms with E-state index in [0.717, 1.165) is 30.9 Å². The molecule has 1 aromatic carbocycles. The summed E-state index contributed by atoms with van der Waals surface area (Å²) in [6.45, 7) is 3.12. The van der Waals surface area contributed by atoms with E-state index in [0.29, 0.717) is 26.2 Å². The van der Waals surface area contributed by atoms with E-state index in [4.69, 9.17) is 9.47 Å². The summed E-state index contributed by atoms with van der Waals surface area (Å²) >= 11 is 0. The van der Waals surface area contributed by atoms with Gasteiger partial charge in [0.15, 0.2) is 0 Å². The molecule has 2 aromatic rings. The van der Waals surface area contributed by atoms with Crippen LogP contribution >= 0.6 is 0 Å². The maximum absolute atomic E-state index is 12.1. The zero-order valence-corrected chi connectivity index (χ0v) is 16.7. The van der Waals surface area contributed by atoms with Gasteiger partial charge in [0.05, 0.1) is 24.5 Å². The number of rotatable bonds is 9. The van der Waals surface area contributed by atoms with Gasteiger partial charge in [0, 0.05) is 26.0 Å². The van der Waals surface area contributed by atoms with E-state index in [-0.39, 0.29) is 11.3 Å². The monoisotopic (exact) mass is 393 g/mol. The molecular formula is C19H27N3O4S. The van der Waals surface area contributed by atoms with Crippen molar-refractivity contribution in [3.8, 4) is 5.75 Å². The largest absolute Gasteiger partial charge is 0.492 e. The van der Waals surface area contributed by atoms with Gasteiger partial charge in [-0.25, -0.2) is 13.4 Å². The normalized spacial score (nSPS) is 17.5. The fourth-order valence-corrected chi connectivity index (χ4v) is 4.03. The molecule has 0 saturated carbocycles. The molecule has 0 amide bonds. The molecule has 0 bridgehead atoms. The highest BCUT2D eigenvalue weighted by Gasteiger charge is 2.24. The number of nitrogens with zero attached hydrogens (tertiary/aromatic N) is 3. The van der Waals surface area contributed by atoms with Gasteiger partial charge in [-0.1, -0.05) is 18.2 Å². The number of hydrogen-bond acceptors (Lipinski definition) is 6. The van der Waals surface area contributed by atoms with Crippen LogP contribution in [0.4, 0.5) is 0 Å². The van der Waals surface area contributed by atoms with Gasteiger partial charge in [-0.15, -0.1) is 0 Å². The van der Waals surface area contributed by atoms with Crippen LogP contribution in [0.5, 0.6) is 5.75 Å². The van der Waals surface area contributed by atoms with Crippen molar-refractivity contribution in [3.05, 3.63) is 42.2 Å². The number of hydrogen-bond donors (Lipinski definition) is 0. The molecule has 2 heterocycles. The van der Waals surface area contributed by atoms with Crippen molar-refractivity contribution in [2.24, 2.45) is 0 Å². The summed E-state index contributed by atoms with van der Waals surface area (Å²) in [5.74, 6) is 0.841. The average Bonchev–Trinajstić information content (AvgIpc) is 3.26. The molecule has 27 heavy (non-hydrogen) atoms. The van der Waals surface area contributed by atoms with Gasteiger partial charge in [0.2, 0.25) is 15.0 Å². The molecule has 0 unspecified atom stereocenters. The Morgan fingerprint density at radius 3 is 2.78 bits per heavy atom. The van der Waals surface area contributed by atoms with Gasteiger partial charge in [-0.3, -0.25) is 4.90 Å². The van der Waals surface area contributed by atoms with E-state index in [1.807, 2.05) is 37.4 Å². The first-order chi connectivity index (χ1) is 12.9. The zero-order valence-electron chi connectivity index (χ0n) is 15.9. The quantitative estimate of drug-likeness (QED) is 0.649. The van der Waals surface area contributed by atoms with Gasteiger partial charge >= 0.3 is 0 Å². The van der Waals surface area contributed by atoms with E-state index in [1.165, 1.54) is 6.26 Å². The van der Waals surface area contributed by atoms with E-state index in [2.05, 4.69) is 9.88 Å². The minimum Gasteiger partial charge on any atom is -0.492 e. The molecule has 1 aliphatic heterocycles. The molecule has 0 N–H and O–H groups in total. The van der Waals surface area contributed by atoms with Gasteiger partial charge in [-0.2, -0.15) is 0 Å². The van der Waals surface area contributed by atoms with Crippen molar-refractivity contribution in [3.63, 3.8) is 0 Å². The Bertz CT molecular complexity index is 830. The predicted molar refractivity (Wildman–Crippen MR) is 103 cm³/mol. The van der Waals surface area contributed by atoms with Crippen LogP contribution in [0.2, 0.25) is 0 Å². The molecule has 1 saturated heterocycles. The summed E-state index contributed by atoms with van der Waals surface area (Å²) in [6, 6.07) is 9.68. The number of benzene rings is 1. The summed E-state index contributed by atoms with van der Waals surface area (Å²) in [4.78, 5) is 6.27. The van der Waals surface area contributed by atoms with E-state index in [9.17, 15) is 8.42 Å². The van der Waals surface area contributed by atoms with Crippen molar-refractivity contribution < 1.29 is 17.9 Å². The van der Waals surface area contributed by atoms with E-state index >= 15 is 0 Å². The van der Waals surface area contributed by atoms with Crippen LogP contribution in [0, 0.1) is 0 Å². The van der Waals surface area contributed by atoms with E-state index < -0.39 is 9.84 Å². The van der Waals surface area contributed by atoms with Gasteiger partial charge in [-0.05, 0) is 32.0 Å². The van der Waals surface area contributed by atoms with Crippen molar-refractivity contribution in [2.75, 3.05) is 33.1 Å². The number of likely N-dealkylation sites (N-methyl/N-ethyl adjacent to an activating group) is 1. The predicted octanol–water partition coefficient (Wildman–Crippen LogP) is 1.98. The van der Waals surface area contributed by atoms with E-state index in [1.54, 1.807) is 10.8 Å². The van der Waals surface area contributed by atoms with Crippen molar-refractivity contribution in [1.29, 1.82) is 0 Å². The lowest BCUT2D eigenvalue weighted by atomic mass is 10.2. The lowest BCUT2D eigenvalue weighted by molar-refractivity contribution is 0.0933. The van der Waals surface area contributed by atoms with Gasteiger partial charge in [0.25, 0.3) is 0 Å². The molecule has 1 aliphatic rings. The first kappa shape index (κ1) is 19.9. The van der Waals surface area contributed by atoms with Crippen LogP contribution < -0.4 is 4.74 Å². The topological polar surface area (TPSA) is 73.7 Å². The highest BCUT2D eigenvalue weighted by atomic mass is 32.2. The maximum atomic E-state index is 12.1. The van der Waals surface area contributed by atoms with Crippen LogP contribution in [0.1, 0.15) is 18.5 Å². The molecule has 3 rings (SSSR count). The number of imidazole rings is 1. The molecule has 8 heteroatoms. The molecule has 0 spiro atoms. The Hall–Kier alpha value is -1.90. The lowest BCUT2D eigenvalue weighted by Crippen LogP contribution is -2.27. The standard InChI is InChI=1S/C19H27N3O4S/c1-21(10-12-26-17-7-4-3-5-8-17)14-16-13-20-19(27(2,23)24)22(16)15-18-9-6-11-25-18/h3-5,7-8,13,18H,6,9-12,14-15H2,1-2H3/t18-/m1/s1. The molecule has 0 aliphatic carbocycles. The molecule has 1 aromatic heterocycles. The first-order valence-corrected chi connectivity index (χ1v) is 11.0. The maximum Gasteiger partial charge on any atom is 0.227 e. The zero-order chi connectivity index (χ0) is 19.3. The summed E-state index contributed by atoms with van der Waals surface area (Å²) in [7, 11) is -1.41. The van der Waals surface area contributed by atoms with Crippen molar-refractivity contribution >= 4 is 9.84 Å². The van der Waals surface area contributed by atoms with Crippen LogP contribution in [-0.2, 0) is 27.7 Å². The molecule has 148 valence electrons. The third-order valence-electron chi connectivity index (χ3n) is 4.56. The average molecular weight is 394 g/mol. The van der Waals surface area contributed by atoms with Crippen molar-refractivity contribution in [2.45, 2.75) is 37.2 Å². The molecular weight excluding hydrogens is 366 g/mol. The van der Waals surface area contributed by atoms with Crippen LogP contribution in [0.15, 0.2) is 41.7 Å². The van der Waals surface area contributed by atoms with Gasteiger partial charge < -0.3 is 14.0 Å². The fraction of sp³-hybridized carbons (Fsp3) is 0.526. The minimum atomic E-state index is -3.39. The molecule has 1 fully saturated rings. The summed E-state index contributed by atoms with van der Waals surface area (Å²) in [5, 5.41) is 0.113. The Labute approximate surface area is 160 Å². The Morgan fingerprint density at radius 2 is 2.11 bits per heavy atom. The lowest BCUT2D eigenvalue weighted by Gasteiger charge is -2.20. The highest BCUT2D eigenvalue weighted by Crippen LogP contribution is 2.19. The molecule has 7 nitrogen and oxygen atoms in total. The number of sulfone groups is 1. The number of aromatic nitrogens is 2. The second kappa shape index (κ2) is 8.86. The summed E-state index contributed by atoms with van der Waals surface area (Å²) in [6.07, 6.45) is 4.86. The van der Waals surface area contributed by atoms with Crippen LogP contribution in [-0.4, -0.2) is 62.0 Å². The van der Waals surface area contributed by atoms with Gasteiger partial charge in [0.1, 0.15) is 12.4 Å². The SMILES string of the molecule is CN(CCOc1ccccc1)Cc1cnc(S(C)(=O)=O)n1C[C@H]1CCCO1. The van der Waals surface area contributed by atoms with Crippen molar-refractivity contribution in [1.82, 2.24) is 14.5 Å². The third-order valence-corrected chi connectivity index (χ3v) is 5.55. The first-order valence-electron chi connectivity index (χ1n) is 9.16.